The molecule has 2 rings (SSSR count). The van der Waals surface area contributed by atoms with Crippen LogP contribution in [0.5, 0.6) is 5.75 Å². The molecule has 6 heteroatoms. The zero-order chi connectivity index (χ0) is 17.4. The molecule has 0 radical (unpaired) electrons. The van der Waals surface area contributed by atoms with Crippen LogP contribution in [0.15, 0.2) is 64.7 Å². The molecular formula is C18H18BrN3O2. The quantitative estimate of drug-likeness (QED) is 0.387. The predicted molar refractivity (Wildman–Crippen MR) is 100 cm³/mol. The van der Waals surface area contributed by atoms with Gasteiger partial charge in [-0.2, -0.15) is 5.10 Å². The van der Waals surface area contributed by atoms with Gasteiger partial charge in [0.2, 0.25) is 0 Å². The number of carbonyl (C=O) groups excluding carboxylic acids is 1. The van der Waals surface area contributed by atoms with Crippen LogP contribution in [0.3, 0.4) is 0 Å². The van der Waals surface area contributed by atoms with E-state index in [4.69, 9.17) is 0 Å². The number of rotatable bonds is 7. The molecule has 0 unspecified atom stereocenters. The van der Waals surface area contributed by atoms with E-state index in [9.17, 15) is 9.90 Å². The van der Waals surface area contributed by atoms with E-state index in [0.717, 1.165) is 15.7 Å². The van der Waals surface area contributed by atoms with E-state index < -0.39 is 0 Å². The van der Waals surface area contributed by atoms with Crippen molar-refractivity contribution in [2.24, 2.45) is 5.10 Å². The van der Waals surface area contributed by atoms with Crippen LogP contribution in [-0.2, 0) is 11.2 Å². The molecule has 2 aromatic carbocycles. The molecular weight excluding hydrogens is 370 g/mol. The number of phenolic OH excluding ortho intramolecular Hbond substituents is 1. The number of hydrogen-bond acceptors (Lipinski definition) is 4. The van der Waals surface area contributed by atoms with Gasteiger partial charge in [0.15, 0.2) is 0 Å². The molecule has 2 aromatic rings. The number of allylic oxidation sites excluding steroid dienone is 1. The number of phenols is 1. The van der Waals surface area contributed by atoms with Gasteiger partial charge in [0.1, 0.15) is 5.75 Å². The third kappa shape index (κ3) is 5.24. The van der Waals surface area contributed by atoms with E-state index in [1.807, 2.05) is 36.4 Å². The molecule has 0 atom stereocenters. The second kappa shape index (κ2) is 8.88. The first-order valence-corrected chi connectivity index (χ1v) is 8.12. The second-order valence-corrected chi connectivity index (χ2v) is 5.92. The Kier molecular flexibility index (Phi) is 6.57. The number of hydrazone groups is 1. The number of aromatic hydroxyl groups is 1. The van der Waals surface area contributed by atoms with Gasteiger partial charge >= 0.3 is 0 Å². The molecule has 0 saturated heterocycles. The molecule has 124 valence electrons. The van der Waals surface area contributed by atoms with Gasteiger partial charge in [0.25, 0.3) is 5.91 Å². The molecule has 24 heavy (non-hydrogen) atoms. The Bertz CT molecular complexity index is 760. The SMILES string of the molecule is C=CCc1cccc(C=NNC(=O)CNc2cccc(Br)c2)c1O. The van der Waals surface area contributed by atoms with Gasteiger partial charge in [0, 0.05) is 15.7 Å². The topological polar surface area (TPSA) is 73.7 Å². The third-order valence-corrected chi connectivity index (χ3v) is 3.68. The number of anilines is 1. The molecule has 5 nitrogen and oxygen atoms in total. The number of carbonyl (C=O) groups is 1. The van der Waals surface area contributed by atoms with Crippen LogP contribution in [0, 0.1) is 0 Å². The smallest absolute Gasteiger partial charge is 0.259 e. The summed E-state index contributed by atoms with van der Waals surface area (Å²) in [5, 5.41) is 17.0. The molecule has 0 aliphatic heterocycles. The monoisotopic (exact) mass is 387 g/mol. The number of nitrogens with zero attached hydrogens (tertiary/aromatic N) is 1. The molecule has 0 aliphatic carbocycles. The Morgan fingerprint density at radius 3 is 2.83 bits per heavy atom. The summed E-state index contributed by atoms with van der Waals surface area (Å²) in [5.74, 6) is -0.143. The zero-order valence-corrected chi connectivity index (χ0v) is 14.6. The van der Waals surface area contributed by atoms with Gasteiger partial charge in [-0.15, -0.1) is 6.58 Å². The highest BCUT2D eigenvalue weighted by molar-refractivity contribution is 9.10. The lowest BCUT2D eigenvalue weighted by atomic mass is 10.1. The Morgan fingerprint density at radius 1 is 1.29 bits per heavy atom. The van der Waals surface area contributed by atoms with Crippen molar-refractivity contribution < 1.29 is 9.90 Å². The Labute approximate surface area is 149 Å². The summed E-state index contributed by atoms with van der Waals surface area (Å²) in [6.07, 6.45) is 3.70. The average molecular weight is 388 g/mol. The minimum atomic E-state index is -0.284. The fourth-order valence-electron chi connectivity index (χ4n) is 2.03. The van der Waals surface area contributed by atoms with E-state index in [1.54, 1.807) is 12.1 Å². The minimum absolute atomic E-state index is 0.0935. The van der Waals surface area contributed by atoms with Crippen LogP contribution in [0.2, 0.25) is 0 Å². The van der Waals surface area contributed by atoms with Crippen molar-refractivity contribution in [3.8, 4) is 5.75 Å². The van der Waals surface area contributed by atoms with Gasteiger partial charge in [0.05, 0.1) is 12.8 Å². The van der Waals surface area contributed by atoms with Crippen molar-refractivity contribution in [3.63, 3.8) is 0 Å². The van der Waals surface area contributed by atoms with E-state index >= 15 is 0 Å². The van der Waals surface area contributed by atoms with Gasteiger partial charge in [-0.1, -0.05) is 40.2 Å². The molecule has 0 bridgehead atoms. The number of halogens is 1. The van der Waals surface area contributed by atoms with Crippen molar-refractivity contribution in [2.45, 2.75) is 6.42 Å². The van der Waals surface area contributed by atoms with Crippen molar-refractivity contribution in [3.05, 3.63) is 70.7 Å². The third-order valence-electron chi connectivity index (χ3n) is 3.19. The van der Waals surface area contributed by atoms with Crippen LogP contribution in [0.25, 0.3) is 0 Å². The highest BCUT2D eigenvalue weighted by Crippen LogP contribution is 2.21. The highest BCUT2D eigenvalue weighted by Gasteiger charge is 2.04. The second-order valence-electron chi connectivity index (χ2n) is 5.00. The van der Waals surface area contributed by atoms with Gasteiger partial charge < -0.3 is 10.4 Å². The van der Waals surface area contributed by atoms with Crippen LogP contribution < -0.4 is 10.7 Å². The summed E-state index contributed by atoms with van der Waals surface area (Å²) in [7, 11) is 0. The molecule has 1 amide bonds. The maximum absolute atomic E-state index is 11.8. The predicted octanol–water partition coefficient (Wildman–Crippen LogP) is 3.45. The summed E-state index contributed by atoms with van der Waals surface area (Å²) < 4.78 is 0.931. The van der Waals surface area contributed by atoms with Gasteiger partial charge in [-0.05, 0) is 36.2 Å². The lowest BCUT2D eigenvalue weighted by Gasteiger charge is -2.06. The average Bonchev–Trinajstić information content (AvgIpc) is 2.56. The van der Waals surface area contributed by atoms with Gasteiger partial charge in [-0.3, -0.25) is 4.79 Å². The van der Waals surface area contributed by atoms with E-state index in [0.29, 0.717) is 12.0 Å². The summed E-state index contributed by atoms with van der Waals surface area (Å²) >= 11 is 3.37. The number of para-hydroxylation sites is 1. The minimum Gasteiger partial charge on any atom is -0.507 e. The normalized spacial score (nSPS) is 10.5. The summed E-state index contributed by atoms with van der Waals surface area (Å²) in [5.41, 5.74) is 4.55. The van der Waals surface area contributed by atoms with Crippen LogP contribution in [-0.4, -0.2) is 23.8 Å². The highest BCUT2D eigenvalue weighted by atomic mass is 79.9. The van der Waals surface area contributed by atoms with E-state index in [1.165, 1.54) is 6.21 Å². The Hall–Kier alpha value is -2.60. The number of amides is 1. The van der Waals surface area contributed by atoms with Crippen LogP contribution in [0.4, 0.5) is 5.69 Å². The molecule has 0 spiro atoms. The number of hydrogen-bond donors (Lipinski definition) is 3. The molecule has 0 aromatic heterocycles. The standard InChI is InChI=1S/C18H18BrN3O2/c1-2-5-13-6-3-7-14(18(13)24)11-21-22-17(23)12-20-16-9-4-8-15(19)10-16/h2-4,6-11,20,24H,1,5,12H2,(H,22,23). The molecule has 0 aliphatic rings. The van der Waals surface area contributed by atoms with E-state index in [2.05, 4.69) is 38.4 Å². The lowest BCUT2D eigenvalue weighted by molar-refractivity contribution is -0.119. The first-order valence-electron chi connectivity index (χ1n) is 7.33. The number of nitrogens with one attached hydrogen (secondary N) is 2. The lowest BCUT2D eigenvalue weighted by Crippen LogP contribution is -2.25. The van der Waals surface area contributed by atoms with Crippen LogP contribution >= 0.6 is 15.9 Å². The summed E-state index contributed by atoms with van der Waals surface area (Å²) in [4.78, 5) is 11.8. The fourth-order valence-corrected chi connectivity index (χ4v) is 2.43. The van der Waals surface area contributed by atoms with Crippen molar-refractivity contribution in [1.29, 1.82) is 0 Å². The maximum atomic E-state index is 11.8. The maximum Gasteiger partial charge on any atom is 0.259 e. The van der Waals surface area contributed by atoms with E-state index in [-0.39, 0.29) is 18.2 Å². The summed E-state index contributed by atoms with van der Waals surface area (Å²) in [6.45, 7) is 3.74. The zero-order valence-electron chi connectivity index (χ0n) is 13.0. The van der Waals surface area contributed by atoms with Crippen molar-refractivity contribution in [1.82, 2.24) is 5.43 Å². The molecule has 3 N–H and O–H groups in total. The fraction of sp³-hybridized carbons (Fsp3) is 0.111. The first kappa shape index (κ1) is 17.7. The molecule has 0 fully saturated rings. The largest absolute Gasteiger partial charge is 0.507 e. The first-order chi connectivity index (χ1) is 11.6. The Balaban J connectivity index is 1.88. The van der Waals surface area contributed by atoms with Gasteiger partial charge in [-0.25, -0.2) is 5.43 Å². The van der Waals surface area contributed by atoms with Crippen LogP contribution in [0.1, 0.15) is 11.1 Å². The number of benzene rings is 2. The molecule has 0 heterocycles. The van der Waals surface area contributed by atoms with Crippen molar-refractivity contribution >= 4 is 33.7 Å². The van der Waals surface area contributed by atoms with Crippen molar-refractivity contribution in [2.75, 3.05) is 11.9 Å². The summed E-state index contributed by atoms with van der Waals surface area (Å²) in [6, 6.07) is 12.9. The Morgan fingerprint density at radius 2 is 2.08 bits per heavy atom. The molecule has 0 saturated carbocycles.